The summed E-state index contributed by atoms with van der Waals surface area (Å²) in [6.07, 6.45) is 5.19. The Hall–Kier alpha value is -1.64. The average molecular weight is 258 g/mol. The number of ether oxygens (including phenoxy) is 1. The minimum absolute atomic E-state index is 0.237. The van der Waals surface area contributed by atoms with Gasteiger partial charge in [0.15, 0.2) is 5.78 Å². The summed E-state index contributed by atoms with van der Waals surface area (Å²) in [4.78, 5) is 23.8. The van der Waals surface area contributed by atoms with Crippen molar-refractivity contribution < 1.29 is 14.3 Å². The first-order chi connectivity index (χ1) is 9.19. The molecule has 2 aliphatic carbocycles. The molecule has 3 rings (SSSR count). The first-order valence-corrected chi connectivity index (χ1v) is 6.93. The lowest BCUT2D eigenvalue weighted by atomic mass is 9.94. The van der Waals surface area contributed by atoms with Gasteiger partial charge in [-0.05, 0) is 55.2 Å². The van der Waals surface area contributed by atoms with E-state index < -0.39 is 0 Å². The van der Waals surface area contributed by atoms with E-state index in [-0.39, 0.29) is 11.8 Å². The largest absolute Gasteiger partial charge is 0.465 e. The van der Waals surface area contributed by atoms with E-state index in [2.05, 4.69) is 0 Å². The number of carbonyl (C=O) groups excluding carboxylic acids is 2. The summed E-state index contributed by atoms with van der Waals surface area (Å²) in [7, 11) is 1.38. The third-order valence-electron chi connectivity index (χ3n) is 4.35. The lowest BCUT2D eigenvalue weighted by Crippen LogP contribution is -2.08. The molecule has 0 aromatic heterocycles. The first kappa shape index (κ1) is 12.4. The standard InChI is InChI=1S/C16H18O3/c1-19-16(18)13-6-7-14-12(8-13)5-4-11(9-15(14)17)10-2-3-10/h6-8,10-11H,2-5,9H2,1H3. The number of benzene rings is 1. The summed E-state index contributed by atoms with van der Waals surface area (Å²) in [5, 5.41) is 0. The second-order valence-electron chi connectivity index (χ2n) is 5.63. The minimum atomic E-state index is -0.335. The molecule has 1 fully saturated rings. The van der Waals surface area contributed by atoms with Crippen molar-refractivity contribution in [3.63, 3.8) is 0 Å². The molecule has 0 aliphatic heterocycles. The molecule has 0 radical (unpaired) electrons. The molecule has 3 heteroatoms. The molecule has 1 saturated carbocycles. The van der Waals surface area contributed by atoms with Crippen molar-refractivity contribution in [1.29, 1.82) is 0 Å². The fourth-order valence-electron chi connectivity index (χ4n) is 3.08. The lowest BCUT2D eigenvalue weighted by molar-refractivity contribution is 0.0600. The fourth-order valence-corrected chi connectivity index (χ4v) is 3.08. The second-order valence-corrected chi connectivity index (χ2v) is 5.63. The van der Waals surface area contributed by atoms with Crippen molar-refractivity contribution >= 4 is 11.8 Å². The highest BCUT2D eigenvalue weighted by Gasteiger charge is 2.34. The Balaban J connectivity index is 1.89. The molecule has 1 atom stereocenters. The Labute approximate surface area is 113 Å². The normalized spacial score (nSPS) is 22.6. The van der Waals surface area contributed by atoms with Gasteiger partial charge in [0.25, 0.3) is 0 Å². The van der Waals surface area contributed by atoms with Gasteiger partial charge in [0, 0.05) is 12.0 Å². The van der Waals surface area contributed by atoms with Crippen LogP contribution in [0.1, 0.15) is 52.0 Å². The molecule has 1 aromatic rings. The zero-order valence-electron chi connectivity index (χ0n) is 11.1. The minimum Gasteiger partial charge on any atom is -0.465 e. The van der Waals surface area contributed by atoms with Gasteiger partial charge in [-0.1, -0.05) is 6.07 Å². The number of aryl methyl sites for hydroxylation is 1. The molecule has 0 amide bonds. The van der Waals surface area contributed by atoms with Gasteiger partial charge in [-0.3, -0.25) is 4.79 Å². The monoisotopic (exact) mass is 258 g/mol. The molecule has 1 aromatic carbocycles. The number of hydrogen-bond donors (Lipinski definition) is 0. The molecule has 100 valence electrons. The Morgan fingerprint density at radius 2 is 2.00 bits per heavy atom. The van der Waals surface area contributed by atoms with Gasteiger partial charge in [0.1, 0.15) is 0 Å². The summed E-state index contributed by atoms with van der Waals surface area (Å²) in [6, 6.07) is 5.31. The Morgan fingerprint density at radius 3 is 2.68 bits per heavy atom. The van der Waals surface area contributed by atoms with Crippen LogP contribution in [0.4, 0.5) is 0 Å². The smallest absolute Gasteiger partial charge is 0.337 e. The predicted octanol–water partition coefficient (Wildman–Crippen LogP) is 3.02. The number of methoxy groups -OCH3 is 1. The van der Waals surface area contributed by atoms with E-state index in [4.69, 9.17) is 4.74 Å². The van der Waals surface area contributed by atoms with E-state index in [9.17, 15) is 9.59 Å². The number of rotatable bonds is 2. The van der Waals surface area contributed by atoms with Gasteiger partial charge in [-0.25, -0.2) is 4.79 Å². The zero-order valence-corrected chi connectivity index (χ0v) is 11.1. The molecule has 0 bridgehead atoms. The molecular weight excluding hydrogens is 240 g/mol. The average Bonchev–Trinajstić information content (AvgIpc) is 3.25. The molecule has 2 aliphatic rings. The van der Waals surface area contributed by atoms with Crippen molar-refractivity contribution in [2.45, 2.75) is 32.1 Å². The van der Waals surface area contributed by atoms with Gasteiger partial charge >= 0.3 is 5.97 Å². The summed E-state index contributed by atoms with van der Waals surface area (Å²) in [6.45, 7) is 0. The van der Waals surface area contributed by atoms with Gasteiger partial charge in [-0.15, -0.1) is 0 Å². The maximum absolute atomic E-state index is 12.3. The molecule has 0 saturated heterocycles. The van der Waals surface area contributed by atoms with Gasteiger partial charge < -0.3 is 4.74 Å². The van der Waals surface area contributed by atoms with Crippen molar-refractivity contribution in [3.8, 4) is 0 Å². The van der Waals surface area contributed by atoms with Crippen LogP contribution in [-0.4, -0.2) is 18.9 Å². The summed E-state index contributed by atoms with van der Waals surface area (Å²) >= 11 is 0. The number of ketones is 1. The molecule has 19 heavy (non-hydrogen) atoms. The first-order valence-electron chi connectivity index (χ1n) is 6.93. The van der Waals surface area contributed by atoms with E-state index in [1.165, 1.54) is 20.0 Å². The van der Waals surface area contributed by atoms with Crippen LogP contribution >= 0.6 is 0 Å². The van der Waals surface area contributed by atoms with Crippen molar-refractivity contribution in [2.24, 2.45) is 11.8 Å². The number of hydrogen-bond acceptors (Lipinski definition) is 3. The summed E-state index contributed by atoms with van der Waals surface area (Å²) in [5.41, 5.74) is 2.35. The molecule has 0 spiro atoms. The summed E-state index contributed by atoms with van der Waals surface area (Å²) in [5.74, 6) is 1.21. The molecule has 0 heterocycles. The number of fused-ring (bicyclic) bond motifs is 1. The highest BCUT2D eigenvalue weighted by Crippen LogP contribution is 2.42. The highest BCUT2D eigenvalue weighted by atomic mass is 16.5. The van der Waals surface area contributed by atoms with E-state index in [0.29, 0.717) is 17.9 Å². The SMILES string of the molecule is COC(=O)c1ccc2c(c1)CCC(C1CC1)CC2=O. The third-order valence-corrected chi connectivity index (χ3v) is 4.35. The van der Waals surface area contributed by atoms with E-state index in [1.54, 1.807) is 12.1 Å². The fraction of sp³-hybridized carbons (Fsp3) is 0.500. The van der Waals surface area contributed by atoms with Crippen LogP contribution in [0.25, 0.3) is 0 Å². The number of esters is 1. The van der Waals surface area contributed by atoms with E-state index >= 15 is 0 Å². The summed E-state index contributed by atoms with van der Waals surface area (Å²) < 4.78 is 4.73. The Morgan fingerprint density at radius 1 is 1.21 bits per heavy atom. The molecular formula is C16H18O3. The number of Topliss-reactive ketones (excluding diaryl/α,β-unsaturated/α-hetero) is 1. The topological polar surface area (TPSA) is 43.4 Å². The van der Waals surface area contributed by atoms with Crippen LogP contribution in [0, 0.1) is 11.8 Å². The van der Waals surface area contributed by atoms with Gasteiger partial charge in [-0.2, -0.15) is 0 Å². The van der Waals surface area contributed by atoms with Crippen LogP contribution in [0.2, 0.25) is 0 Å². The van der Waals surface area contributed by atoms with Crippen LogP contribution < -0.4 is 0 Å². The van der Waals surface area contributed by atoms with Crippen molar-refractivity contribution in [2.75, 3.05) is 7.11 Å². The van der Waals surface area contributed by atoms with Gasteiger partial charge in [0.2, 0.25) is 0 Å². The highest BCUT2D eigenvalue weighted by molar-refractivity contribution is 5.99. The maximum atomic E-state index is 12.3. The lowest BCUT2D eigenvalue weighted by Gasteiger charge is -2.10. The third kappa shape index (κ3) is 2.42. The van der Waals surface area contributed by atoms with E-state index in [1.807, 2.05) is 6.07 Å². The Kier molecular flexibility index (Phi) is 3.13. The van der Waals surface area contributed by atoms with Crippen LogP contribution in [0.5, 0.6) is 0 Å². The maximum Gasteiger partial charge on any atom is 0.337 e. The Bertz CT molecular complexity index is 529. The quantitative estimate of drug-likeness (QED) is 0.605. The number of carbonyl (C=O) groups is 2. The van der Waals surface area contributed by atoms with Gasteiger partial charge in [0.05, 0.1) is 12.7 Å². The van der Waals surface area contributed by atoms with Crippen LogP contribution in [0.3, 0.4) is 0 Å². The molecule has 1 unspecified atom stereocenters. The second kappa shape index (κ2) is 4.80. The van der Waals surface area contributed by atoms with Crippen LogP contribution in [-0.2, 0) is 11.2 Å². The molecule has 0 N–H and O–H groups in total. The van der Waals surface area contributed by atoms with Crippen molar-refractivity contribution in [3.05, 3.63) is 34.9 Å². The molecule has 3 nitrogen and oxygen atoms in total. The van der Waals surface area contributed by atoms with E-state index in [0.717, 1.165) is 29.9 Å². The zero-order chi connectivity index (χ0) is 13.4. The van der Waals surface area contributed by atoms with Crippen LogP contribution in [0.15, 0.2) is 18.2 Å². The van der Waals surface area contributed by atoms with Crippen molar-refractivity contribution in [1.82, 2.24) is 0 Å². The predicted molar refractivity (Wildman–Crippen MR) is 71.3 cm³/mol.